The van der Waals surface area contributed by atoms with Crippen LogP contribution in [0.5, 0.6) is 0 Å². The van der Waals surface area contributed by atoms with Gasteiger partial charge in [-0.1, -0.05) is 19.9 Å². The van der Waals surface area contributed by atoms with Gasteiger partial charge in [-0.25, -0.2) is 4.99 Å². The summed E-state index contributed by atoms with van der Waals surface area (Å²) < 4.78 is 0. The molecule has 0 unspecified atom stereocenters. The van der Waals surface area contributed by atoms with Crippen molar-refractivity contribution in [1.29, 1.82) is 0 Å². The van der Waals surface area contributed by atoms with Crippen molar-refractivity contribution >= 4 is 5.87 Å². The van der Waals surface area contributed by atoms with Gasteiger partial charge in [0.2, 0.25) is 0 Å². The van der Waals surface area contributed by atoms with Crippen LogP contribution in [0.2, 0.25) is 0 Å². The van der Waals surface area contributed by atoms with Crippen LogP contribution in [0.15, 0.2) is 47.1 Å². The molecule has 0 saturated heterocycles. The highest BCUT2D eigenvalue weighted by molar-refractivity contribution is 5.59. The second-order valence-electron chi connectivity index (χ2n) is 3.53. The molecule has 0 spiro atoms. The van der Waals surface area contributed by atoms with E-state index in [0.717, 1.165) is 5.70 Å². The Kier molecular flexibility index (Phi) is 3.95. The quantitative estimate of drug-likeness (QED) is 0.748. The molecule has 0 saturated carbocycles. The Morgan fingerprint density at radius 1 is 1.60 bits per heavy atom. The van der Waals surface area contributed by atoms with E-state index in [2.05, 4.69) is 30.8 Å². The van der Waals surface area contributed by atoms with Crippen LogP contribution in [0.1, 0.15) is 20.8 Å². The van der Waals surface area contributed by atoms with Crippen molar-refractivity contribution < 1.29 is 0 Å². The summed E-state index contributed by atoms with van der Waals surface area (Å²) in [6.45, 7) is 6.31. The van der Waals surface area contributed by atoms with E-state index in [4.69, 9.17) is 5.73 Å². The first-order valence-electron chi connectivity index (χ1n) is 5.03. The van der Waals surface area contributed by atoms with Crippen molar-refractivity contribution in [3.63, 3.8) is 0 Å². The van der Waals surface area contributed by atoms with E-state index >= 15 is 0 Å². The third kappa shape index (κ3) is 2.61. The van der Waals surface area contributed by atoms with Crippen molar-refractivity contribution in [1.82, 2.24) is 4.90 Å². The maximum Gasteiger partial charge on any atom is 0.0701 e. The Hall–Kier alpha value is -1.73. The molecule has 1 aliphatic rings. The van der Waals surface area contributed by atoms with Gasteiger partial charge in [-0.2, -0.15) is 0 Å². The van der Waals surface area contributed by atoms with E-state index < -0.39 is 0 Å². The van der Waals surface area contributed by atoms with Crippen molar-refractivity contribution in [2.75, 3.05) is 0 Å². The van der Waals surface area contributed by atoms with Gasteiger partial charge in [0.25, 0.3) is 0 Å². The Balaban J connectivity index is 3.09. The predicted molar refractivity (Wildman–Crippen MR) is 63.8 cm³/mol. The lowest BCUT2D eigenvalue weighted by Crippen LogP contribution is -2.19. The molecule has 0 radical (unpaired) electrons. The van der Waals surface area contributed by atoms with Crippen molar-refractivity contribution in [2.45, 2.75) is 20.8 Å². The average Bonchev–Trinajstić information content (AvgIpc) is 2.44. The molecule has 1 heterocycles. The maximum atomic E-state index is 5.58. The number of aliphatic imine (C=N–C) groups is 1. The molecule has 2 N–H and O–H groups in total. The number of nitrogens with zero attached hydrogens (tertiary/aromatic N) is 2. The highest BCUT2D eigenvalue weighted by Crippen LogP contribution is 2.21. The first-order valence-corrected chi connectivity index (χ1v) is 5.03. The lowest BCUT2D eigenvalue weighted by Gasteiger charge is -2.25. The summed E-state index contributed by atoms with van der Waals surface area (Å²) in [4.78, 5) is 5.97. The van der Waals surface area contributed by atoms with Gasteiger partial charge in [-0.05, 0) is 18.7 Å². The minimum Gasteiger partial charge on any atom is -0.403 e. The fourth-order valence-electron chi connectivity index (χ4n) is 1.52. The van der Waals surface area contributed by atoms with Gasteiger partial charge in [-0.15, -0.1) is 0 Å². The van der Waals surface area contributed by atoms with Crippen LogP contribution in [0.25, 0.3) is 0 Å². The first kappa shape index (κ1) is 11.3. The van der Waals surface area contributed by atoms with Crippen LogP contribution in [0.3, 0.4) is 0 Å². The van der Waals surface area contributed by atoms with Crippen molar-refractivity contribution in [3.05, 3.63) is 42.1 Å². The fourth-order valence-corrected chi connectivity index (χ4v) is 1.52. The monoisotopic (exact) mass is 203 g/mol. The standard InChI is InChI=1S/C12H17N3/c1-4-12(10(2)3)15-8-7-14-6-5-11(15)9-13/h4-5,7-10H,13H2,1-3H3/b11-9-,12-4-. The highest BCUT2D eigenvalue weighted by atomic mass is 15.1. The summed E-state index contributed by atoms with van der Waals surface area (Å²) in [5, 5.41) is 0. The van der Waals surface area contributed by atoms with Crippen molar-refractivity contribution in [2.24, 2.45) is 16.6 Å². The molecule has 0 aromatic carbocycles. The molecule has 3 nitrogen and oxygen atoms in total. The van der Waals surface area contributed by atoms with Crippen LogP contribution in [0.4, 0.5) is 0 Å². The van der Waals surface area contributed by atoms with Crippen LogP contribution in [0, 0.1) is 5.92 Å². The highest BCUT2D eigenvalue weighted by Gasteiger charge is 2.13. The first-order chi connectivity index (χ1) is 7.20. The normalized spacial score (nSPS) is 19.1. The zero-order valence-corrected chi connectivity index (χ0v) is 9.44. The van der Waals surface area contributed by atoms with Gasteiger partial charge in [0.05, 0.1) is 11.9 Å². The third-order valence-electron chi connectivity index (χ3n) is 2.19. The lowest BCUT2D eigenvalue weighted by molar-refractivity contribution is 0.503. The second-order valence-corrected chi connectivity index (χ2v) is 3.53. The summed E-state index contributed by atoms with van der Waals surface area (Å²) in [5.41, 5.74) is 7.65. The van der Waals surface area contributed by atoms with E-state index in [1.807, 2.05) is 18.0 Å². The molecule has 0 atom stereocenters. The fraction of sp³-hybridized carbons (Fsp3) is 0.333. The Labute approximate surface area is 91.0 Å². The largest absolute Gasteiger partial charge is 0.403 e. The van der Waals surface area contributed by atoms with Crippen LogP contribution in [-0.4, -0.2) is 10.8 Å². The minimum atomic E-state index is 0.432. The number of rotatable bonds is 2. The molecule has 0 amide bonds. The van der Waals surface area contributed by atoms with Crippen LogP contribution in [-0.2, 0) is 0 Å². The summed E-state index contributed by atoms with van der Waals surface area (Å²) in [5.74, 6) is 3.22. The van der Waals surface area contributed by atoms with Gasteiger partial charge in [-0.3, -0.25) is 0 Å². The SMILES string of the molecule is C/C=C(/C(C)C)N1C=CN=C=C/C1=C/N. The lowest BCUT2D eigenvalue weighted by atomic mass is 10.1. The summed E-state index contributed by atoms with van der Waals surface area (Å²) >= 11 is 0. The van der Waals surface area contributed by atoms with Crippen molar-refractivity contribution in [3.8, 4) is 0 Å². The summed E-state index contributed by atoms with van der Waals surface area (Å²) in [6, 6.07) is 0. The topological polar surface area (TPSA) is 41.6 Å². The molecule has 1 rings (SSSR count). The number of allylic oxidation sites excluding steroid dienone is 3. The zero-order valence-electron chi connectivity index (χ0n) is 9.44. The summed E-state index contributed by atoms with van der Waals surface area (Å²) in [6.07, 6.45) is 9.01. The summed E-state index contributed by atoms with van der Waals surface area (Å²) in [7, 11) is 0. The molecule has 0 fully saturated rings. The van der Waals surface area contributed by atoms with Gasteiger partial charge in [0.15, 0.2) is 0 Å². The predicted octanol–water partition coefficient (Wildman–Crippen LogP) is 2.36. The molecule has 0 bridgehead atoms. The van der Waals surface area contributed by atoms with Gasteiger partial charge in [0.1, 0.15) is 0 Å². The second kappa shape index (κ2) is 5.23. The maximum absolute atomic E-state index is 5.58. The number of hydrogen-bond donors (Lipinski definition) is 1. The molecule has 0 aliphatic carbocycles. The zero-order chi connectivity index (χ0) is 11.3. The van der Waals surface area contributed by atoms with Gasteiger partial charge >= 0.3 is 0 Å². The van der Waals surface area contributed by atoms with E-state index in [1.165, 1.54) is 5.70 Å². The molecule has 0 aromatic rings. The smallest absolute Gasteiger partial charge is 0.0701 e. The molecule has 80 valence electrons. The van der Waals surface area contributed by atoms with E-state index in [-0.39, 0.29) is 0 Å². The molecule has 0 aromatic heterocycles. The minimum absolute atomic E-state index is 0.432. The third-order valence-corrected chi connectivity index (χ3v) is 2.19. The van der Waals surface area contributed by atoms with Crippen LogP contribution >= 0.6 is 0 Å². The number of nitrogens with two attached hydrogens (primary N) is 1. The van der Waals surface area contributed by atoms with E-state index in [0.29, 0.717) is 5.92 Å². The molecular formula is C12H17N3. The Morgan fingerprint density at radius 3 is 2.87 bits per heavy atom. The Bertz CT molecular complexity index is 366. The van der Waals surface area contributed by atoms with Gasteiger partial charge in [0, 0.05) is 24.2 Å². The van der Waals surface area contributed by atoms with Crippen LogP contribution < -0.4 is 5.73 Å². The molecule has 1 aliphatic heterocycles. The Morgan fingerprint density at radius 2 is 2.33 bits per heavy atom. The van der Waals surface area contributed by atoms with E-state index in [9.17, 15) is 0 Å². The average molecular weight is 203 g/mol. The van der Waals surface area contributed by atoms with Gasteiger partial charge < -0.3 is 10.6 Å². The molecule has 3 heteroatoms. The molecular weight excluding hydrogens is 186 g/mol. The number of hydrogen-bond acceptors (Lipinski definition) is 3. The van der Waals surface area contributed by atoms with E-state index in [1.54, 1.807) is 18.5 Å². The molecule has 15 heavy (non-hydrogen) atoms.